The molecule has 0 amide bonds. The van der Waals surface area contributed by atoms with Crippen LogP contribution < -0.4 is 0 Å². The second-order valence-electron chi connectivity index (χ2n) is 4.57. The molecule has 0 aromatic carbocycles. The molecule has 0 saturated heterocycles. The molecule has 1 saturated carbocycles. The van der Waals surface area contributed by atoms with Crippen molar-refractivity contribution in [3.63, 3.8) is 0 Å². The molecule has 0 spiro atoms. The van der Waals surface area contributed by atoms with E-state index in [1.807, 2.05) is 6.92 Å². The van der Waals surface area contributed by atoms with E-state index in [9.17, 15) is 5.11 Å². The number of aromatic nitrogens is 2. The lowest BCUT2D eigenvalue weighted by molar-refractivity contribution is -0.147. The van der Waals surface area contributed by atoms with Gasteiger partial charge in [-0.1, -0.05) is 0 Å². The topological polar surface area (TPSA) is 56.5 Å². The van der Waals surface area contributed by atoms with E-state index < -0.39 is 5.60 Å². The quantitative estimate of drug-likeness (QED) is 0.867. The van der Waals surface area contributed by atoms with Gasteiger partial charge in [0.2, 0.25) is 0 Å². The monoisotopic (exact) mass is 318 g/mol. The predicted molar refractivity (Wildman–Crippen MR) is 70.3 cm³/mol. The van der Waals surface area contributed by atoms with Crippen molar-refractivity contribution in [3.05, 3.63) is 16.4 Å². The number of hydrogen-bond donors (Lipinski definition) is 1. The van der Waals surface area contributed by atoms with E-state index in [0.717, 1.165) is 10.2 Å². The van der Waals surface area contributed by atoms with E-state index >= 15 is 0 Å². The average molecular weight is 319 g/mol. The third-order valence-corrected chi connectivity index (χ3v) is 3.86. The molecular weight excluding hydrogens is 300 g/mol. The van der Waals surface area contributed by atoms with Gasteiger partial charge in [0.15, 0.2) is 0 Å². The van der Waals surface area contributed by atoms with E-state index in [1.165, 1.54) is 0 Å². The summed E-state index contributed by atoms with van der Waals surface area (Å²) in [4.78, 5) is 0. The van der Waals surface area contributed by atoms with Crippen LogP contribution >= 0.6 is 15.9 Å². The molecule has 0 aliphatic heterocycles. The summed E-state index contributed by atoms with van der Waals surface area (Å²) >= 11 is 3.45. The van der Waals surface area contributed by atoms with Crippen LogP contribution in [0.15, 0.2) is 10.7 Å². The number of nitrogens with zero attached hydrogens (tertiary/aromatic N) is 2. The Bertz CT molecular complexity index is 402. The highest BCUT2D eigenvalue weighted by atomic mass is 79.9. The molecule has 2 rings (SSSR count). The largest absolute Gasteiger partial charge is 0.383 e. The molecule has 1 aromatic rings. The molecule has 0 unspecified atom stereocenters. The first kappa shape index (κ1) is 14.0. The van der Waals surface area contributed by atoms with E-state index in [0.29, 0.717) is 32.6 Å². The number of aliphatic hydroxyl groups is 1. The third-order valence-electron chi connectivity index (χ3n) is 3.28. The van der Waals surface area contributed by atoms with Crippen LogP contribution in [-0.2, 0) is 21.6 Å². The first-order valence-electron chi connectivity index (χ1n) is 6.15. The van der Waals surface area contributed by atoms with Gasteiger partial charge in [-0.15, -0.1) is 0 Å². The van der Waals surface area contributed by atoms with Crippen molar-refractivity contribution < 1.29 is 14.6 Å². The highest BCUT2D eigenvalue weighted by Crippen LogP contribution is 2.45. The van der Waals surface area contributed by atoms with Crippen LogP contribution in [0, 0.1) is 0 Å². The van der Waals surface area contributed by atoms with Gasteiger partial charge in [0.1, 0.15) is 5.60 Å². The minimum Gasteiger partial charge on any atom is -0.383 e. The minimum atomic E-state index is -0.830. The van der Waals surface area contributed by atoms with E-state index in [1.54, 1.807) is 18.0 Å². The Labute approximate surface area is 115 Å². The molecule has 1 aromatic heterocycles. The second-order valence-corrected chi connectivity index (χ2v) is 5.43. The standard InChI is InChI=1S/C12H19BrN2O3/c1-3-18-9-6-12(16,7-9)11-10(13)8-14-15(11)4-5-17-2/h8-9,16H,3-7H2,1-2H3. The molecule has 0 radical (unpaired) electrons. The number of halogens is 1. The molecule has 18 heavy (non-hydrogen) atoms. The summed E-state index contributed by atoms with van der Waals surface area (Å²) in [6.07, 6.45) is 3.12. The summed E-state index contributed by atoms with van der Waals surface area (Å²) < 4.78 is 13.2. The SMILES string of the molecule is CCOC1CC(O)(c2c(Br)cnn2CCOC)C1. The zero-order chi connectivity index (χ0) is 13.2. The Morgan fingerprint density at radius 1 is 1.61 bits per heavy atom. The van der Waals surface area contributed by atoms with Crippen LogP contribution in [0.1, 0.15) is 25.5 Å². The van der Waals surface area contributed by atoms with Crippen molar-refractivity contribution in [3.8, 4) is 0 Å². The van der Waals surface area contributed by atoms with Gasteiger partial charge >= 0.3 is 0 Å². The van der Waals surface area contributed by atoms with Crippen molar-refractivity contribution in [1.29, 1.82) is 0 Å². The zero-order valence-corrected chi connectivity index (χ0v) is 12.3. The number of rotatable bonds is 6. The Hall–Kier alpha value is -0.430. The first-order valence-corrected chi connectivity index (χ1v) is 6.94. The number of hydrogen-bond acceptors (Lipinski definition) is 4. The lowest BCUT2D eigenvalue weighted by Crippen LogP contribution is -2.47. The Balaban J connectivity index is 2.10. The minimum absolute atomic E-state index is 0.151. The average Bonchev–Trinajstić information content (AvgIpc) is 2.66. The van der Waals surface area contributed by atoms with Gasteiger partial charge in [-0.25, -0.2) is 0 Å². The molecule has 1 aliphatic rings. The molecule has 1 fully saturated rings. The maximum absolute atomic E-state index is 10.6. The van der Waals surface area contributed by atoms with Crippen molar-refractivity contribution >= 4 is 15.9 Å². The number of ether oxygens (including phenoxy) is 2. The summed E-state index contributed by atoms with van der Waals surface area (Å²) in [5, 5.41) is 14.9. The van der Waals surface area contributed by atoms with Crippen molar-refractivity contribution in [1.82, 2.24) is 9.78 Å². The fourth-order valence-electron chi connectivity index (χ4n) is 2.41. The van der Waals surface area contributed by atoms with Crippen molar-refractivity contribution in [2.45, 2.75) is 38.0 Å². The highest BCUT2D eigenvalue weighted by molar-refractivity contribution is 9.10. The van der Waals surface area contributed by atoms with Gasteiger partial charge in [0, 0.05) is 26.6 Å². The predicted octanol–water partition coefficient (Wildman–Crippen LogP) is 1.68. The Morgan fingerprint density at radius 3 is 2.94 bits per heavy atom. The van der Waals surface area contributed by atoms with Gasteiger partial charge in [0.05, 0.1) is 35.6 Å². The molecular formula is C12H19BrN2O3. The summed E-state index contributed by atoms with van der Waals surface area (Å²) in [5.41, 5.74) is -0.00128. The number of methoxy groups -OCH3 is 1. The molecule has 102 valence electrons. The van der Waals surface area contributed by atoms with Crippen LogP contribution in [0.5, 0.6) is 0 Å². The van der Waals surface area contributed by atoms with E-state index in [-0.39, 0.29) is 6.10 Å². The summed E-state index contributed by atoms with van der Waals surface area (Å²) in [5.74, 6) is 0. The lowest BCUT2D eigenvalue weighted by atomic mass is 9.75. The first-order chi connectivity index (χ1) is 8.60. The highest BCUT2D eigenvalue weighted by Gasteiger charge is 2.47. The van der Waals surface area contributed by atoms with Gasteiger partial charge in [0.25, 0.3) is 0 Å². The maximum atomic E-state index is 10.6. The van der Waals surface area contributed by atoms with Crippen molar-refractivity contribution in [2.24, 2.45) is 0 Å². The van der Waals surface area contributed by atoms with Crippen LogP contribution in [0.2, 0.25) is 0 Å². The smallest absolute Gasteiger partial charge is 0.112 e. The van der Waals surface area contributed by atoms with Crippen LogP contribution in [0.4, 0.5) is 0 Å². The molecule has 1 heterocycles. The molecule has 1 aliphatic carbocycles. The third kappa shape index (κ3) is 2.61. The van der Waals surface area contributed by atoms with Crippen LogP contribution in [0.3, 0.4) is 0 Å². The Morgan fingerprint density at radius 2 is 2.33 bits per heavy atom. The van der Waals surface area contributed by atoms with Crippen LogP contribution in [0.25, 0.3) is 0 Å². The summed E-state index contributed by atoms with van der Waals surface area (Å²) in [6.45, 7) is 3.87. The Kier molecular flexibility index (Phi) is 4.42. The van der Waals surface area contributed by atoms with Crippen LogP contribution in [-0.4, -0.2) is 41.3 Å². The van der Waals surface area contributed by atoms with E-state index in [2.05, 4.69) is 21.0 Å². The van der Waals surface area contributed by atoms with Gasteiger partial charge in [-0.05, 0) is 22.9 Å². The molecule has 1 N–H and O–H groups in total. The normalized spacial score (nSPS) is 27.2. The van der Waals surface area contributed by atoms with Gasteiger partial charge in [-0.2, -0.15) is 5.10 Å². The van der Waals surface area contributed by atoms with Gasteiger partial charge in [-0.3, -0.25) is 4.68 Å². The van der Waals surface area contributed by atoms with E-state index in [4.69, 9.17) is 9.47 Å². The zero-order valence-electron chi connectivity index (χ0n) is 10.7. The summed E-state index contributed by atoms with van der Waals surface area (Å²) in [7, 11) is 1.65. The molecule has 0 bridgehead atoms. The molecule has 5 nitrogen and oxygen atoms in total. The second kappa shape index (κ2) is 5.69. The fraction of sp³-hybridized carbons (Fsp3) is 0.750. The molecule has 6 heteroatoms. The lowest BCUT2D eigenvalue weighted by Gasteiger charge is -2.43. The fourth-order valence-corrected chi connectivity index (χ4v) is 3.08. The van der Waals surface area contributed by atoms with Gasteiger partial charge < -0.3 is 14.6 Å². The summed E-state index contributed by atoms with van der Waals surface area (Å²) in [6, 6.07) is 0. The van der Waals surface area contributed by atoms with Crippen molar-refractivity contribution in [2.75, 3.05) is 20.3 Å². The maximum Gasteiger partial charge on any atom is 0.112 e. The molecule has 0 atom stereocenters.